The van der Waals surface area contributed by atoms with Gasteiger partial charge in [-0.3, -0.25) is 0 Å². The molecule has 0 saturated carbocycles. The predicted octanol–water partition coefficient (Wildman–Crippen LogP) is 5.51. The number of carbonyl (C=O) groups excluding carboxylic acids is 2. The normalized spacial score (nSPS) is 16.7. The number of rotatable bonds is 3. The monoisotopic (exact) mass is 554 g/mol. The third-order valence-corrected chi connectivity index (χ3v) is 6.53. The van der Waals surface area contributed by atoms with Crippen molar-refractivity contribution in [3.63, 3.8) is 0 Å². The van der Waals surface area contributed by atoms with Gasteiger partial charge in [-0.2, -0.15) is 4.98 Å². The fourth-order valence-corrected chi connectivity index (χ4v) is 3.91. The van der Waals surface area contributed by atoms with Gasteiger partial charge in [0.2, 0.25) is 0 Å². The summed E-state index contributed by atoms with van der Waals surface area (Å²) in [5.74, 6) is -0.735. The molecular formula is C28H36BFN4O6. The Bertz CT molecular complexity index is 1410. The standard InChI is InChI=1S/C28H36BFN4O6/c1-25(2,3)37-23(35)34(24(36)38-26(4,5)6)22-31-20-16-17(14-15-33(20)32-22)18-12-11-13-19(21(18)30)29-39-27(7,8)28(9,10)40-29/h11-16H,1-10H3. The third-order valence-electron chi connectivity index (χ3n) is 6.53. The molecule has 0 atom stereocenters. The van der Waals surface area contributed by atoms with Gasteiger partial charge in [-0.15, -0.1) is 10.00 Å². The van der Waals surface area contributed by atoms with Crippen LogP contribution in [-0.2, 0) is 18.8 Å². The summed E-state index contributed by atoms with van der Waals surface area (Å²) in [4.78, 5) is 31.0. The van der Waals surface area contributed by atoms with E-state index in [1.54, 1.807) is 78.1 Å². The van der Waals surface area contributed by atoms with Crippen molar-refractivity contribution in [1.82, 2.24) is 14.6 Å². The summed E-state index contributed by atoms with van der Waals surface area (Å²) in [5.41, 5.74) is -1.66. The largest absolute Gasteiger partial charge is 0.497 e. The molecule has 1 saturated heterocycles. The van der Waals surface area contributed by atoms with Gasteiger partial charge in [-0.05, 0) is 86.9 Å². The number of benzene rings is 1. The van der Waals surface area contributed by atoms with E-state index in [0.29, 0.717) is 16.0 Å². The van der Waals surface area contributed by atoms with E-state index in [2.05, 4.69) is 10.1 Å². The summed E-state index contributed by atoms with van der Waals surface area (Å²) in [6.07, 6.45) is -0.414. The Morgan fingerprint density at radius 2 is 1.50 bits per heavy atom. The summed E-state index contributed by atoms with van der Waals surface area (Å²) < 4.78 is 40.1. The van der Waals surface area contributed by atoms with Gasteiger partial charge in [0.15, 0.2) is 5.65 Å². The number of ether oxygens (including phenoxy) is 2. The first-order chi connectivity index (χ1) is 18.3. The van der Waals surface area contributed by atoms with Gasteiger partial charge < -0.3 is 18.8 Å². The summed E-state index contributed by atoms with van der Waals surface area (Å²) in [5, 5.41) is 4.28. The van der Waals surface area contributed by atoms with E-state index in [0.717, 1.165) is 0 Å². The second-order valence-corrected chi connectivity index (χ2v) is 12.7. The van der Waals surface area contributed by atoms with Crippen LogP contribution in [0.2, 0.25) is 0 Å². The van der Waals surface area contributed by atoms with Crippen molar-refractivity contribution in [2.24, 2.45) is 0 Å². The van der Waals surface area contributed by atoms with E-state index in [-0.39, 0.29) is 17.1 Å². The van der Waals surface area contributed by atoms with E-state index in [9.17, 15) is 9.59 Å². The van der Waals surface area contributed by atoms with Crippen molar-refractivity contribution in [3.05, 3.63) is 42.3 Å². The molecule has 0 spiro atoms. The maximum absolute atomic E-state index is 15.8. The zero-order valence-electron chi connectivity index (χ0n) is 24.7. The lowest BCUT2D eigenvalue weighted by molar-refractivity contribution is 0.00578. The van der Waals surface area contributed by atoms with Crippen molar-refractivity contribution in [2.75, 3.05) is 4.90 Å². The highest BCUT2D eigenvalue weighted by Gasteiger charge is 2.52. The fourth-order valence-electron chi connectivity index (χ4n) is 3.91. The maximum Gasteiger partial charge on any atom is 0.497 e. The maximum atomic E-state index is 15.8. The number of pyridine rings is 1. The number of imide groups is 1. The van der Waals surface area contributed by atoms with Crippen LogP contribution in [0.5, 0.6) is 0 Å². The average Bonchev–Trinajstić information content (AvgIpc) is 3.27. The van der Waals surface area contributed by atoms with Crippen molar-refractivity contribution in [2.45, 2.75) is 91.6 Å². The Kier molecular flexibility index (Phi) is 7.26. The lowest BCUT2D eigenvalue weighted by Crippen LogP contribution is -2.44. The molecule has 0 unspecified atom stereocenters. The van der Waals surface area contributed by atoms with E-state index >= 15 is 4.39 Å². The molecule has 3 heterocycles. The molecule has 2 amide bonds. The Hall–Kier alpha value is -3.51. The topological polar surface area (TPSA) is 104 Å². The highest BCUT2D eigenvalue weighted by atomic mass is 19.1. The molecule has 1 aromatic carbocycles. The molecule has 12 heteroatoms. The minimum Gasteiger partial charge on any atom is -0.443 e. The van der Waals surface area contributed by atoms with E-state index in [1.807, 2.05) is 27.7 Å². The lowest BCUT2D eigenvalue weighted by atomic mass is 9.77. The SMILES string of the molecule is CC(C)(C)OC(=O)N(C(=O)OC(C)(C)C)c1nc2cc(-c3cccc(B4OC(C)(C)C(C)(C)O4)c3F)ccn2n1. The van der Waals surface area contributed by atoms with Gasteiger partial charge in [0, 0.05) is 17.2 Å². The molecule has 1 aliphatic heterocycles. The average molecular weight is 554 g/mol. The fraction of sp³-hybridized carbons (Fsp3) is 0.500. The molecular weight excluding hydrogens is 518 g/mol. The number of nitrogens with zero attached hydrogens (tertiary/aromatic N) is 4. The first kappa shape index (κ1) is 29.5. The minimum atomic E-state index is -0.987. The predicted molar refractivity (Wildman–Crippen MR) is 149 cm³/mol. The molecule has 1 fully saturated rings. The molecule has 40 heavy (non-hydrogen) atoms. The van der Waals surface area contributed by atoms with Crippen molar-refractivity contribution in [3.8, 4) is 11.1 Å². The first-order valence-electron chi connectivity index (χ1n) is 13.0. The van der Waals surface area contributed by atoms with Crippen LogP contribution in [-0.4, -0.2) is 56.3 Å². The number of aromatic nitrogens is 3. The number of carbonyl (C=O) groups is 2. The zero-order chi connectivity index (χ0) is 29.8. The van der Waals surface area contributed by atoms with Crippen LogP contribution in [0, 0.1) is 5.82 Å². The van der Waals surface area contributed by atoms with Crippen LogP contribution in [0.15, 0.2) is 36.5 Å². The molecule has 0 aliphatic carbocycles. The van der Waals surface area contributed by atoms with Gasteiger partial charge in [0.25, 0.3) is 5.95 Å². The minimum absolute atomic E-state index is 0.243. The molecule has 1 aliphatic rings. The van der Waals surface area contributed by atoms with Crippen molar-refractivity contribution < 1.29 is 32.8 Å². The van der Waals surface area contributed by atoms with Gasteiger partial charge in [-0.25, -0.2) is 18.5 Å². The van der Waals surface area contributed by atoms with E-state index < -0.39 is 47.5 Å². The smallest absolute Gasteiger partial charge is 0.443 e. The van der Waals surface area contributed by atoms with Crippen LogP contribution in [0.4, 0.5) is 19.9 Å². The van der Waals surface area contributed by atoms with E-state index in [4.69, 9.17) is 18.8 Å². The highest BCUT2D eigenvalue weighted by molar-refractivity contribution is 6.62. The van der Waals surface area contributed by atoms with Gasteiger partial charge in [0.1, 0.15) is 17.0 Å². The number of amides is 2. The van der Waals surface area contributed by atoms with Crippen LogP contribution < -0.4 is 10.4 Å². The van der Waals surface area contributed by atoms with Gasteiger partial charge in [0.05, 0.1) is 11.2 Å². The number of hydrogen-bond donors (Lipinski definition) is 0. The summed E-state index contributed by atoms with van der Waals surface area (Å²) in [7, 11) is -0.871. The molecule has 10 nitrogen and oxygen atoms in total. The number of anilines is 1. The quantitative estimate of drug-likeness (QED) is 0.391. The second-order valence-electron chi connectivity index (χ2n) is 12.7. The number of halogens is 1. The second kappa shape index (κ2) is 9.85. The van der Waals surface area contributed by atoms with Crippen LogP contribution >= 0.6 is 0 Å². The lowest BCUT2D eigenvalue weighted by Gasteiger charge is -2.32. The van der Waals surface area contributed by atoms with Crippen LogP contribution in [0.3, 0.4) is 0 Å². The Morgan fingerprint density at radius 1 is 0.950 bits per heavy atom. The summed E-state index contributed by atoms with van der Waals surface area (Å²) in [6, 6.07) is 8.26. The number of fused-ring (bicyclic) bond motifs is 1. The zero-order valence-corrected chi connectivity index (χ0v) is 24.7. The molecule has 2 aromatic heterocycles. The van der Waals surface area contributed by atoms with Crippen molar-refractivity contribution >= 4 is 36.4 Å². The molecule has 0 N–H and O–H groups in total. The molecule has 3 aromatic rings. The highest BCUT2D eigenvalue weighted by Crippen LogP contribution is 2.37. The molecule has 4 rings (SSSR count). The Balaban J connectivity index is 1.71. The molecule has 0 radical (unpaired) electrons. The molecule has 0 bridgehead atoms. The van der Waals surface area contributed by atoms with E-state index in [1.165, 1.54) is 4.52 Å². The van der Waals surface area contributed by atoms with Crippen molar-refractivity contribution in [1.29, 1.82) is 0 Å². The first-order valence-corrected chi connectivity index (χ1v) is 13.0. The Labute approximate surface area is 233 Å². The van der Waals surface area contributed by atoms with Gasteiger partial charge in [-0.1, -0.05) is 18.2 Å². The number of hydrogen-bond acceptors (Lipinski definition) is 8. The third kappa shape index (κ3) is 5.97. The van der Waals surface area contributed by atoms with Crippen LogP contribution in [0.25, 0.3) is 16.8 Å². The van der Waals surface area contributed by atoms with Gasteiger partial charge >= 0.3 is 19.3 Å². The van der Waals surface area contributed by atoms with Crippen LogP contribution in [0.1, 0.15) is 69.2 Å². The molecule has 214 valence electrons. The summed E-state index contributed by atoms with van der Waals surface area (Å²) >= 11 is 0. The summed E-state index contributed by atoms with van der Waals surface area (Å²) in [6.45, 7) is 17.7. The Morgan fingerprint density at radius 3 is 2.02 bits per heavy atom.